The van der Waals surface area contributed by atoms with Crippen molar-refractivity contribution in [3.63, 3.8) is 0 Å². The predicted molar refractivity (Wildman–Crippen MR) is 130 cm³/mol. The lowest BCUT2D eigenvalue weighted by atomic mass is 10.2. The van der Waals surface area contributed by atoms with Crippen molar-refractivity contribution in [3.05, 3.63) is 83.6 Å². The molecule has 0 N–H and O–H groups in total. The zero-order chi connectivity index (χ0) is 21.6. The summed E-state index contributed by atoms with van der Waals surface area (Å²) in [5.74, 6) is 0.766. The normalized spacial score (nSPS) is 13.1. The van der Waals surface area contributed by atoms with Crippen molar-refractivity contribution in [1.82, 2.24) is 4.98 Å². The fourth-order valence-electron chi connectivity index (χ4n) is 3.89. The second kappa shape index (κ2) is 9.90. The fraction of sp³-hybridized carbons (Fsp3) is 0.320. The third-order valence-electron chi connectivity index (χ3n) is 5.28. The maximum Gasteiger partial charge on any atom is 0.261 e. The van der Waals surface area contributed by atoms with Crippen molar-refractivity contribution < 1.29 is 9.16 Å². The van der Waals surface area contributed by atoms with Gasteiger partial charge in [0.2, 0.25) is 0 Å². The molecule has 0 saturated carbocycles. The molecule has 1 atom stereocenters. The third-order valence-corrected chi connectivity index (χ3v) is 10.8. The Hall–Kier alpha value is -1.95. The summed E-state index contributed by atoms with van der Waals surface area (Å²) in [6, 6.07) is 23.4. The molecule has 0 aliphatic carbocycles. The Morgan fingerprint density at radius 1 is 0.933 bits per heavy atom. The maximum absolute atomic E-state index is 6.93. The second-order valence-corrected chi connectivity index (χ2v) is 13.8. The van der Waals surface area contributed by atoms with Gasteiger partial charge in [0.25, 0.3) is 8.32 Å². The van der Waals surface area contributed by atoms with Crippen molar-refractivity contribution >= 4 is 34.6 Å². The second-order valence-electron chi connectivity index (χ2n) is 8.57. The minimum atomic E-state index is -2.49. The van der Waals surface area contributed by atoms with Crippen LogP contribution in [-0.4, -0.2) is 26.0 Å². The molecular formula is C25H30BrNO2Si. The van der Waals surface area contributed by atoms with Crippen LogP contribution < -0.4 is 15.1 Å². The largest absolute Gasteiger partial charge is 0.489 e. The number of hydrogen-bond acceptors (Lipinski definition) is 3. The number of rotatable bonds is 8. The quantitative estimate of drug-likeness (QED) is 0.392. The van der Waals surface area contributed by atoms with Gasteiger partial charge in [0.1, 0.15) is 5.75 Å². The first-order valence-electron chi connectivity index (χ1n) is 10.3. The molecule has 0 spiro atoms. The molecule has 30 heavy (non-hydrogen) atoms. The van der Waals surface area contributed by atoms with Crippen molar-refractivity contribution in [2.24, 2.45) is 0 Å². The Labute approximate surface area is 189 Å². The first-order valence-corrected chi connectivity index (χ1v) is 13.1. The van der Waals surface area contributed by atoms with E-state index in [-0.39, 0.29) is 11.1 Å². The molecule has 0 unspecified atom stereocenters. The molecular weight excluding hydrogens is 454 g/mol. The van der Waals surface area contributed by atoms with Gasteiger partial charge in [0.05, 0.1) is 12.3 Å². The van der Waals surface area contributed by atoms with Crippen molar-refractivity contribution in [2.45, 2.75) is 45.3 Å². The van der Waals surface area contributed by atoms with Crippen LogP contribution in [0.25, 0.3) is 0 Å². The van der Waals surface area contributed by atoms with Crippen LogP contribution >= 0.6 is 15.9 Å². The predicted octanol–water partition coefficient (Wildman–Crippen LogP) is 5.58. The smallest absolute Gasteiger partial charge is 0.261 e. The van der Waals surface area contributed by atoms with Crippen LogP contribution in [0.5, 0.6) is 5.75 Å². The van der Waals surface area contributed by atoms with Crippen LogP contribution in [0.15, 0.2) is 83.6 Å². The Kier molecular flexibility index (Phi) is 7.50. The number of halogens is 1. The number of ether oxygens (including phenoxy) is 1. The van der Waals surface area contributed by atoms with E-state index < -0.39 is 8.32 Å². The fourth-order valence-corrected chi connectivity index (χ4v) is 8.81. The Balaban J connectivity index is 1.83. The average molecular weight is 485 g/mol. The van der Waals surface area contributed by atoms with Crippen molar-refractivity contribution in [3.8, 4) is 5.75 Å². The standard InChI is InChI=1S/C25H30BrNO2Si/c1-20(29-22-17-21(26)18-27-19-22)15-16-28-30(25(2,3)4,23-11-7-5-8-12-23)24-13-9-6-10-14-24/h5-14,17-20H,15-16H2,1-4H3/t20-/m0/s1. The minimum absolute atomic E-state index is 0.0198. The van der Waals surface area contributed by atoms with Gasteiger partial charge < -0.3 is 9.16 Å². The average Bonchev–Trinajstić information content (AvgIpc) is 2.71. The van der Waals surface area contributed by atoms with Crippen LogP contribution in [0.3, 0.4) is 0 Å². The lowest BCUT2D eigenvalue weighted by Crippen LogP contribution is -2.66. The van der Waals surface area contributed by atoms with Gasteiger partial charge in [-0.3, -0.25) is 4.98 Å². The lowest BCUT2D eigenvalue weighted by molar-refractivity contribution is 0.172. The summed E-state index contributed by atoms with van der Waals surface area (Å²) >= 11 is 3.44. The van der Waals surface area contributed by atoms with Crippen molar-refractivity contribution in [2.75, 3.05) is 6.61 Å². The molecule has 1 aromatic heterocycles. The van der Waals surface area contributed by atoms with Gasteiger partial charge >= 0.3 is 0 Å². The summed E-state index contributed by atoms with van der Waals surface area (Å²) < 4.78 is 13.9. The summed E-state index contributed by atoms with van der Waals surface area (Å²) in [5, 5.41) is 2.58. The first-order chi connectivity index (χ1) is 14.3. The summed E-state index contributed by atoms with van der Waals surface area (Å²) in [6.07, 6.45) is 4.32. The number of pyridine rings is 1. The van der Waals surface area contributed by atoms with E-state index >= 15 is 0 Å². The van der Waals surface area contributed by atoms with Gasteiger partial charge in [-0.1, -0.05) is 81.4 Å². The van der Waals surface area contributed by atoms with E-state index in [1.807, 2.05) is 6.07 Å². The molecule has 5 heteroatoms. The topological polar surface area (TPSA) is 31.4 Å². The van der Waals surface area contributed by atoms with Crippen LogP contribution in [0.1, 0.15) is 34.1 Å². The van der Waals surface area contributed by atoms with E-state index in [0.717, 1.165) is 16.6 Å². The first kappa shape index (κ1) is 22.7. The summed E-state index contributed by atoms with van der Waals surface area (Å²) in [5.41, 5.74) is 0. The highest BCUT2D eigenvalue weighted by atomic mass is 79.9. The molecule has 0 amide bonds. The summed E-state index contributed by atoms with van der Waals surface area (Å²) in [7, 11) is -2.49. The molecule has 0 fully saturated rings. The van der Waals surface area contributed by atoms with Gasteiger partial charge in [-0.25, -0.2) is 0 Å². The molecule has 0 aliphatic rings. The van der Waals surface area contributed by atoms with Crippen LogP contribution in [-0.2, 0) is 4.43 Å². The number of aromatic nitrogens is 1. The van der Waals surface area contributed by atoms with Gasteiger partial charge in [-0.15, -0.1) is 0 Å². The van der Waals surface area contributed by atoms with E-state index in [2.05, 4.69) is 109 Å². The Morgan fingerprint density at radius 3 is 2.00 bits per heavy atom. The lowest BCUT2D eigenvalue weighted by Gasteiger charge is -2.43. The molecule has 0 aliphatic heterocycles. The maximum atomic E-state index is 6.93. The van der Waals surface area contributed by atoms with Gasteiger partial charge in [-0.2, -0.15) is 0 Å². The summed E-state index contributed by atoms with van der Waals surface area (Å²) in [6.45, 7) is 9.61. The molecule has 0 saturated heterocycles. The Bertz CT molecular complexity index is 889. The van der Waals surface area contributed by atoms with E-state index in [0.29, 0.717) is 6.61 Å². The highest BCUT2D eigenvalue weighted by Gasteiger charge is 2.50. The Morgan fingerprint density at radius 2 is 1.50 bits per heavy atom. The summed E-state index contributed by atoms with van der Waals surface area (Å²) in [4.78, 5) is 4.17. The highest BCUT2D eigenvalue weighted by molar-refractivity contribution is 9.10. The SMILES string of the molecule is C[C@@H](CCO[Si](c1ccccc1)(c1ccccc1)C(C)(C)C)Oc1cncc(Br)c1. The van der Waals surface area contributed by atoms with E-state index in [1.165, 1.54) is 10.4 Å². The number of hydrogen-bond donors (Lipinski definition) is 0. The van der Waals surface area contributed by atoms with E-state index in [9.17, 15) is 0 Å². The van der Waals surface area contributed by atoms with Crippen molar-refractivity contribution in [1.29, 1.82) is 0 Å². The zero-order valence-electron chi connectivity index (χ0n) is 18.1. The molecule has 3 nitrogen and oxygen atoms in total. The minimum Gasteiger partial charge on any atom is -0.489 e. The molecule has 0 bridgehead atoms. The van der Waals surface area contributed by atoms with Gasteiger partial charge in [0.15, 0.2) is 0 Å². The van der Waals surface area contributed by atoms with Crippen LogP contribution in [0, 0.1) is 0 Å². The van der Waals surface area contributed by atoms with E-state index in [4.69, 9.17) is 9.16 Å². The van der Waals surface area contributed by atoms with Gasteiger partial charge in [-0.05, 0) is 44.3 Å². The highest BCUT2D eigenvalue weighted by Crippen LogP contribution is 2.36. The van der Waals surface area contributed by atoms with Crippen LogP contribution in [0.2, 0.25) is 5.04 Å². The zero-order valence-corrected chi connectivity index (χ0v) is 20.7. The molecule has 3 aromatic rings. The molecule has 2 aromatic carbocycles. The monoisotopic (exact) mass is 483 g/mol. The van der Waals surface area contributed by atoms with Crippen LogP contribution in [0.4, 0.5) is 0 Å². The van der Waals surface area contributed by atoms with E-state index in [1.54, 1.807) is 12.4 Å². The number of nitrogens with zero attached hydrogens (tertiary/aromatic N) is 1. The molecule has 0 radical (unpaired) electrons. The third kappa shape index (κ3) is 5.20. The number of benzene rings is 2. The molecule has 3 rings (SSSR count). The molecule has 158 valence electrons. The molecule has 1 heterocycles. The van der Waals surface area contributed by atoms with Gasteiger partial charge in [0, 0.05) is 23.7 Å².